The highest BCUT2D eigenvalue weighted by Gasteiger charge is 2.39. The molecule has 1 atom stereocenters. The molecule has 0 saturated heterocycles. The molecule has 0 spiro atoms. The Bertz CT molecular complexity index is 680. The molecule has 0 saturated carbocycles. The molecule has 1 aromatic carbocycles. The minimum Gasteiger partial charge on any atom is -0.461 e. The topological polar surface area (TPSA) is 114 Å². The van der Waals surface area contributed by atoms with Crippen molar-refractivity contribution in [1.82, 2.24) is 16.2 Å². The standard InChI is InChI=1S/C16H18F3N3O5/c1-10(14(25)27-9-11-5-3-2-4-6-11)7-8-20-12(23)13(24)21-22-15(26)16(17,18)19/h2-6,10H,7-9H2,1H3,(H,20,23)(H,21,24)(H,22,26)/t10-/m1/s1. The van der Waals surface area contributed by atoms with Gasteiger partial charge in [-0.1, -0.05) is 37.3 Å². The number of rotatable bonds is 6. The van der Waals surface area contributed by atoms with E-state index in [1.165, 1.54) is 5.43 Å². The van der Waals surface area contributed by atoms with Crippen LogP contribution in [0.15, 0.2) is 30.3 Å². The second-order valence-corrected chi connectivity index (χ2v) is 5.44. The second-order valence-electron chi connectivity index (χ2n) is 5.44. The van der Waals surface area contributed by atoms with Gasteiger partial charge < -0.3 is 10.1 Å². The number of hydrogen-bond donors (Lipinski definition) is 3. The Balaban J connectivity index is 2.26. The van der Waals surface area contributed by atoms with Gasteiger partial charge in [0.25, 0.3) is 0 Å². The fourth-order valence-electron chi connectivity index (χ4n) is 1.71. The normalized spacial score (nSPS) is 11.9. The predicted molar refractivity (Wildman–Crippen MR) is 85.4 cm³/mol. The van der Waals surface area contributed by atoms with Crippen LogP contribution in [0.25, 0.3) is 0 Å². The molecule has 0 bridgehead atoms. The van der Waals surface area contributed by atoms with Crippen molar-refractivity contribution in [2.24, 2.45) is 5.92 Å². The highest BCUT2D eigenvalue weighted by Crippen LogP contribution is 2.13. The van der Waals surface area contributed by atoms with Gasteiger partial charge >= 0.3 is 29.9 Å². The molecule has 11 heteroatoms. The fraction of sp³-hybridized carbons (Fsp3) is 0.375. The molecule has 1 aromatic rings. The number of carbonyl (C=O) groups is 4. The Morgan fingerprint density at radius 1 is 1.04 bits per heavy atom. The summed E-state index contributed by atoms with van der Waals surface area (Å²) in [5.41, 5.74) is 3.19. The van der Waals surface area contributed by atoms with Gasteiger partial charge in [-0.05, 0) is 12.0 Å². The van der Waals surface area contributed by atoms with Crippen molar-refractivity contribution in [3.05, 3.63) is 35.9 Å². The summed E-state index contributed by atoms with van der Waals surface area (Å²) in [6.07, 6.45) is -5.05. The number of alkyl halides is 3. The van der Waals surface area contributed by atoms with E-state index in [4.69, 9.17) is 4.74 Å². The average Bonchev–Trinajstić information content (AvgIpc) is 2.63. The molecular formula is C16H18F3N3O5. The van der Waals surface area contributed by atoms with Crippen molar-refractivity contribution < 1.29 is 37.1 Å². The van der Waals surface area contributed by atoms with E-state index in [1.54, 1.807) is 31.2 Å². The van der Waals surface area contributed by atoms with Crippen LogP contribution in [0.1, 0.15) is 18.9 Å². The van der Waals surface area contributed by atoms with Crippen LogP contribution < -0.4 is 16.2 Å². The predicted octanol–water partition coefficient (Wildman–Crippen LogP) is 0.582. The van der Waals surface area contributed by atoms with Gasteiger partial charge in [-0.15, -0.1) is 0 Å². The SMILES string of the molecule is C[C@H](CCNC(=O)C(=O)NNC(=O)C(F)(F)F)C(=O)OCc1ccccc1. The Morgan fingerprint density at radius 3 is 2.26 bits per heavy atom. The van der Waals surface area contributed by atoms with Crippen LogP contribution in [-0.2, 0) is 30.5 Å². The summed E-state index contributed by atoms with van der Waals surface area (Å²) in [4.78, 5) is 45.0. The molecule has 1 rings (SSSR count). The van der Waals surface area contributed by atoms with Crippen LogP contribution in [0.2, 0.25) is 0 Å². The van der Waals surface area contributed by atoms with Gasteiger partial charge in [0.15, 0.2) is 0 Å². The first-order valence-corrected chi connectivity index (χ1v) is 7.77. The Kier molecular flexibility index (Phi) is 8.24. The average molecular weight is 389 g/mol. The smallest absolute Gasteiger partial charge is 0.461 e. The number of amides is 3. The molecular weight excluding hydrogens is 371 g/mol. The summed E-state index contributed by atoms with van der Waals surface area (Å²) >= 11 is 0. The minimum absolute atomic E-state index is 0.0949. The summed E-state index contributed by atoms with van der Waals surface area (Å²) in [6, 6.07) is 8.98. The molecule has 3 amide bonds. The first-order chi connectivity index (χ1) is 12.6. The first kappa shape index (κ1) is 21.9. The number of hydrogen-bond acceptors (Lipinski definition) is 5. The van der Waals surface area contributed by atoms with Crippen molar-refractivity contribution in [1.29, 1.82) is 0 Å². The number of nitrogens with one attached hydrogen (secondary N) is 3. The lowest BCUT2D eigenvalue weighted by Gasteiger charge is -2.12. The summed E-state index contributed by atoms with van der Waals surface area (Å²) in [7, 11) is 0. The molecule has 3 N–H and O–H groups in total. The van der Waals surface area contributed by atoms with E-state index >= 15 is 0 Å². The van der Waals surface area contributed by atoms with Crippen molar-refractivity contribution >= 4 is 23.7 Å². The maximum atomic E-state index is 11.9. The summed E-state index contributed by atoms with van der Waals surface area (Å²) in [6.45, 7) is 1.56. The van der Waals surface area contributed by atoms with Crippen LogP contribution in [0.3, 0.4) is 0 Å². The molecule has 0 fully saturated rings. The number of hydrazine groups is 1. The minimum atomic E-state index is -5.20. The van der Waals surface area contributed by atoms with Crippen molar-refractivity contribution in [2.75, 3.05) is 6.54 Å². The molecule has 0 aromatic heterocycles. The quantitative estimate of drug-likeness (QED) is 0.374. The van der Waals surface area contributed by atoms with Crippen LogP contribution in [-0.4, -0.2) is 36.4 Å². The summed E-state index contributed by atoms with van der Waals surface area (Å²) in [5, 5.41) is 2.11. The van der Waals surface area contributed by atoms with Gasteiger partial charge in [-0.25, -0.2) is 0 Å². The number of esters is 1. The highest BCUT2D eigenvalue weighted by atomic mass is 19.4. The molecule has 0 aliphatic rings. The molecule has 0 aliphatic heterocycles. The molecule has 8 nitrogen and oxygen atoms in total. The van der Waals surface area contributed by atoms with E-state index < -0.39 is 35.8 Å². The van der Waals surface area contributed by atoms with Crippen LogP contribution in [0.5, 0.6) is 0 Å². The van der Waals surface area contributed by atoms with Crippen molar-refractivity contribution in [3.63, 3.8) is 0 Å². The van der Waals surface area contributed by atoms with Crippen LogP contribution in [0.4, 0.5) is 13.2 Å². The third kappa shape index (κ3) is 8.21. The lowest BCUT2D eigenvalue weighted by molar-refractivity contribution is -0.175. The monoisotopic (exact) mass is 389 g/mol. The van der Waals surface area contributed by atoms with Gasteiger partial charge in [-0.2, -0.15) is 13.2 Å². The Hall–Kier alpha value is -3.11. The van der Waals surface area contributed by atoms with Gasteiger partial charge in [0, 0.05) is 6.54 Å². The largest absolute Gasteiger partial charge is 0.472 e. The number of carbonyl (C=O) groups excluding carboxylic acids is 4. The van der Waals surface area contributed by atoms with E-state index in [9.17, 15) is 32.3 Å². The molecule has 0 aliphatic carbocycles. The molecule has 148 valence electrons. The van der Waals surface area contributed by atoms with E-state index in [0.717, 1.165) is 11.0 Å². The van der Waals surface area contributed by atoms with Gasteiger partial charge in [0.2, 0.25) is 0 Å². The summed E-state index contributed by atoms with van der Waals surface area (Å²) in [5.74, 6) is -6.25. The van der Waals surface area contributed by atoms with Gasteiger partial charge in [0.1, 0.15) is 6.61 Å². The van der Waals surface area contributed by atoms with Gasteiger partial charge in [0.05, 0.1) is 5.92 Å². The highest BCUT2D eigenvalue weighted by molar-refractivity contribution is 6.35. The maximum absolute atomic E-state index is 11.9. The van der Waals surface area contributed by atoms with Crippen LogP contribution >= 0.6 is 0 Å². The zero-order chi connectivity index (χ0) is 20.4. The molecule has 27 heavy (non-hydrogen) atoms. The number of halogens is 3. The lowest BCUT2D eigenvalue weighted by Crippen LogP contribution is -2.52. The van der Waals surface area contributed by atoms with E-state index in [1.807, 2.05) is 6.07 Å². The molecule has 0 radical (unpaired) electrons. The Morgan fingerprint density at radius 2 is 1.67 bits per heavy atom. The Labute approximate surface area is 152 Å². The zero-order valence-corrected chi connectivity index (χ0v) is 14.3. The third-order valence-corrected chi connectivity index (χ3v) is 3.24. The van der Waals surface area contributed by atoms with E-state index in [2.05, 4.69) is 5.32 Å². The number of benzene rings is 1. The summed E-state index contributed by atoms with van der Waals surface area (Å²) < 4.78 is 40.9. The third-order valence-electron chi connectivity index (χ3n) is 3.24. The van der Waals surface area contributed by atoms with Gasteiger partial charge in [-0.3, -0.25) is 30.0 Å². The van der Waals surface area contributed by atoms with Crippen LogP contribution in [0, 0.1) is 5.92 Å². The number of ether oxygens (including phenoxy) is 1. The lowest BCUT2D eigenvalue weighted by atomic mass is 10.1. The molecule has 0 heterocycles. The first-order valence-electron chi connectivity index (χ1n) is 7.77. The van der Waals surface area contributed by atoms with E-state index in [0.29, 0.717) is 0 Å². The maximum Gasteiger partial charge on any atom is 0.472 e. The van der Waals surface area contributed by atoms with Crippen molar-refractivity contribution in [3.8, 4) is 0 Å². The second kappa shape index (κ2) is 10.1. The van der Waals surface area contributed by atoms with Crippen molar-refractivity contribution in [2.45, 2.75) is 26.1 Å². The zero-order valence-electron chi connectivity index (χ0n) is 14.3. The molecule has 0 unspecified atom stereocenters. The van der Waals surface area contributed by atoms with E-state index in [-0.39, 0.29) is 19.6 Å². The fourth-order valence-corrected chi connectivity index (χ4v) is 1.71.